The van der Waals surface area contributed by atoms with E-state index in [1.165, 1.54) is 25.7 Å². The smallest absolute Gasteiger partial charge is 0.253 e. The van der Waals surface area contributed by atoms with E-state index in [2.05, 4.69) is 25.6 Å². The van der Waals surface area contributed by atoms with Crippen molar-refractivity contribution in [3.05, 3.63) is 53.9 Å². The van der Waals surface area contributed by atoms with Crippen LogP contribution in [0.4, 0.5) is 17.6 Å². The molecule has 1 amide bonds. The van der Waals surface area contributed by atoms with Gasteiger partial charge in [-0.25, -0.2) is 15.0 Å². The Morgan fingerprint density at radius 3 is 2.74 bits per heavy atom. The summed E-state index contributed by atoms with van der Waals surface area (Å²) in [6.45, 7) is 2.75. The molecule has 0 radical (unpaired) electrons. The summed E-state index contributed by atoms with van der Waals surface area (Å²) in [4.78, 5) is 33.0. The number of nitrogens with zero attached hydrogens (tertiary/aromatic N) is 5. The third kappa shape index (κ3) is 5.24. The number of benzene rings is 1. The molecule has 5 rings (SSSR count). The average Bonchev–Trinajstić information content (AvgIpc) is 3.53. The minimum Gasteiger partial charge on any atom is -0.357 e. The summed E-state index contributed by atoms with van der Waals surface area (Å²) in [6.07, 6.45) is 6.82. The van der Waals surface area contributed by atoms with Crippen molar-refractivity contribution in [2.45, 2.75) is 32.6 Å². The van der Waals surface area contributed by atoms with Crippen molar-refractivity contribution in [3.63, 3.8) is 0 Å². The minimum atomic E-state index is 0.0640. The number of amides is 1. The van der Waals surface area contributed by atoms with Crippen LogP contribution in [0.1, 0.15) is 41.7 Å². The van der Waals surface area contributed by atoms with Crippen molar-refractivity contribution in [1.29, 1.82) is 0 Å². The van der Waals surface area contributed by atoms with E-state index in [1.54, 1.807) is 18.4 Å². The predicted octanol–water partition coefficient (Wildman–Crippen LogP) is 5.50. The lowest BCUT2D eigenvalue weighted by Crippen LogP contribution is -2.31. The highest BCUT2D eigenvalue weighted by Crippen LogP contribution is 2.32. The number of anilines is 3. The molecule has 9 heteroatoms. The van der Waals surface area contributed by atoms with Gasteiger partial charge in [-0.05, 0) is 37.8 Å². The maximum absolute atomic E-state index is 13.1. The molecule has 0 unspecified atom stereocenters. The van der Waals surface area contributed by atoms with Gasteiger partial charge in [0.05, 0.1) is 10.2 Å². The second-order valence-corrected chi connectivity index (χ2v) is 10.1. The number of fused-ring (bicyclic) bond motifs is 1. The number of nitrogens with one attached hydrogen (secondary N) is 2. The Morgan fingerprint density at radius 2 is 1.94 bits per heavy atom. The van der Waals surface area contributed by atoms with Gasteiger partial charge in [-0.3, -0.25) is 4.79 Å². The Labute approximate surface area is 208 Å². The van der Waals surface area contributed by atoms with Crippen molar-refractivity contribution in [1.82, 2.24) is 24.8 Å². The van der Waals surface area contributed by atoms with Crippen LogP contribution < -0.4 is 10.6 Å². The molecule has 0 spiro atoms. The third-order valence-electron chi connectivity index (χ3n) is 6.32. The van der Waals surface area contributed by atoms with Crippen LogP contribution in [-0.4, -0.2) is 51.4 Å². The molecule has 0 bridgehead atoms. The number of aryl methyl sites for hydroxylation is 1. The van der Waals surface area contributed by atoms with E-state index in [0.29, 0.717) is 29.1 Å². The zero-order valence-electron chi connectivity index (χ0n) is 20.2. The highest BCUT2D eigenvalue weighted by molar-refractivity contribution is 7.21. The quantitative estimate of drug-likeness (QED) is 0.355. The van der Waals surface area contributed by atoms with E-state index >= 15 is 0 Å². The van der Waals surface area contributed by atoms with E-state index in [9.17, 15) is 4.79 Å². The summed E-state index contributed by atoms with van der Waals surface area (Å²) in [5.74, 6) is 2.56. The maximum atomic E-state index is 13.1. The van der Waals surface area contributed by atoms with Gasteiger partial charge in [-0.2, -0.15) is 4.98 Å². The number of hydrogen-bond acceptors (Lipinski definition) is 8. The molecular formula is C26H29N7OS. The van der Waals surface area contributed by atoms with Crippen LogP contribution >= 0.6 is 11.3 Å². The number of aromatic nitrogens is 4. The number of hydrogen-bond donors (Lipinski definition) is 2. The molecule has 0 saturated heterocycles. The molecule has 1 saturated carbocycles. The number of rotatable bonds is 7. The summed E-state index contributed by atoms with van der Waals surface area (Å²) >= 11 is 1.57. The van der Waals surface area contributed by atoms with Crippen LogP contribution in [0.2, 0.25) is 0 Å². The fourth-order valence-electron chi connectivity index (χ4n) is 4.57. The van der Waals surface area contributed by atoms with Crippen molar-refractivity contribution >= 4 is 45.0 Å². The van der Waals surface area contributed by atoms with Crippen LogP contribution in [0.5, 0.6) is 0 Å². The third-order valence-corrected chi connectivity index (χ3v) is 7.37. The molecule has 1 aliphatic rings. The average molecular weight is 488 g/mol. The van der Waals surface area contributed by atoms with Crippen molar-refractivity contribution < 1.29 is 4.79 Å². The van der Waals surface area contributed by atoms with E-state index < -0.39 is 0 Å². The van der Waals surface area contributed by atoms with Crippen LogP contribution in [0.25, 0.3) is 20.8 Å². The van der Waals surface area contributed by atoms with E-state index in [0.717, 1.165) is 33.0 Å². The highest BCUT2D eigenvalue weighted by atomic mass is 32.1. The SMILES string of the molecule is CNc1nc(C)cc(Nc2cc3nc(-c4cccc(C(=O)N(C)CC5CCCC5)c4)sc3cn2)n1. The van der Waals surface area contributed by atoms with Crippen LogP contribution in [0.3, 0.4) is 0 Å². The summed E-state index contributed by atoms with van der Waals surface area (Å²) in [7, 11) is 3.69. The van der Waals surface area contributed by atoms with Gasteiger partial charge in [-0.15, -0.1) is 11.3 Å². The molecule has 180 valence electrons. The van der Waals surface area contributed by atoms with Crippen molar-refractivity contribution in [2.75, 3.05) is 31.3 Å². The molecule has 8 nitrogen and oxygen atoms in total. The molecule has 3 heterocycles. The maximum Gasteiger partial charge on any atom is 0.253 e. The van der Waals surface area contributed by atoms with Crippen molar-refractivity contribution in [2.24, 2.45) is 5.92 Å². The first-order chi connectivity index (χ1) is 17.0. The Bertz CT molecular complexity index is 1360. The van der Waals surface area contributed by atoms with Gasteiger partial charge in [0, 0.05) is 55.8 Å². The lowest BCUT2D eigenvalue weighted by Gasteiger charge is -2.21. The lowest BCUT2D eigenvalue weighted by atomic mass is 10.1. The van der Waals surface area contributed by atoms with Gasteiger partial charge >= 0.3 is 0 Å². The van der Waals surface area contributed by atoms with Crippen LogP contribution in [0, 0.1) is 12.8 Å². The molecular weight excluding hydrogens is 458 g/mol. The first-order valence-electron chi connectivity index (χ1n) is 11.9. The second-order valence-electron chi connectivity index (χ2n) is 9.07. The van der Waals surface area contributed by atoms with Gasteiger partial charge in [-0.1, -0.05) is 25.0 Å². The second kappa shape index (κ2) is 9.95. The van der Waals surface area contributed by atoms with Gasteiger partial charge in [0.1, 0.15) is 16.6 Å². The fraction of sp³-hybridized carbons (Fsp3) is 0.346. The van der Waals surface area contributed by atoms with Gasteiger partial charge in [0.25, 0.3) is 5.91 Å². The molecule has 1 aliphatic carbocycles. The normalized spacial score (nSPS) is 13.8. The Kier molecular flexibility index (Phi) is 6.59. The van der Waals surface area contributed by atoms with E-state index in [1.807, 2.05) is 61.5 Å². The zero-order valence-corrected chi connectivity index (χ0v) is 21.0. The predicted molar refractivity (Wildman–Crippen MR) is 141 cm³/mol. The minimum absolute atomic E-state index is 0.0640. The van der Waals surface area contributed by atoms with Gasteiger partial charge < -0.3 is 15.5 Å². The molecule has 0 aliphatic heterocycles. The topological polar surface area (TPSA) is 95.9 Å². The molecule has 1 aromatic carbocycles. The molecule has 1 fully saturated rings. The van der Waals surface area contributed by atoms with Crippen LogP contribution in [-0.2, 0) is 0 Å². The first-order valence-corrected chi connectivity index (χ1v) is 12.7. The molecule has 3 aromatic heterocycles. The number of pyridine rings is 1. The number of thiazole rings is 1. The number of carbonyl (C=O) groups is 1. The standard InChI is InChI=1S/C26H29N7OS/c1-16-11-23(32-26(27-2)29-16)31-22-13-20-21(14-28-22)35-24(30-20)18-9-6-10-19(12-18)25(34)33(3)15-17-7-4-5-8-17/h6,9-14,17H,4-5,7-8,15H2,1-3H3,(H2,27,28,29,31,32). The summed E-state index contributed by atoms with van der Waals surface area (Å²) in [5.41, 5.74) is 3.33. The monoisotopic (exact) mass is 487 g/mol. The largest absolute Gasteiger partial charge is 0.357 e. The van der Waals surface area contributed by atoms with Crippen molar-refractivity contribution in [3.8, 4) is 10.6 Å². The number of carbonyl (C=O) groups excluding carboxylic acids is 1. The van der Waals surface area contributed by atoms with Gasteiger partial charge in [0.15, 0.2) is 0 Å². The van der Waals surface area contributed by atoms with Crippen LogP contribution in [0.15, 0.2) is 42.6 Å². The highest BCUT2D eigenvalue weighted by Gasteiger charge is 2.21. The molecule has 2 N–H and O–H groups in total. The lowest BCUT2D eigenvalue weighted by molar-refractivity contribution is 0.0773. The summed E-state index contributed by atoms with van der Waals surface area (Å²) in [6, 6.07) is 11.5. The van der Waals surface area contributed by atoms with E-state index in [-0.39, 0.29) is 5.91 Å². The fourth-order valence-corrected chi connectivity index (χ4v) is 5.48. The first kappa shape index (κ1) is 23.2. The Hall–Kier alpha value is -3.59. The Balaban J connectivity index is 1.35. The zero-order chi connectivity index (χ0) is 24.4. The van der Waals surface area contributed by atoms with E-state index in [4.69, 9.17) is 4.98 Å². The summed E-state index contributed by atoms with van der Waals surface area (Å²) in [5, 5.41) is 7.06. The van der Waals surface area contributed by atoms with Gasteiger partial charge in [0.2, 0.25) is 5.95 Å². The Morgan fingerprint density at radius 1 is 1.11 bits per heavy atom. The molecule has 0 atom stereocenters. The molecule has 4 aromatic rings. The molecule has 35 heavy (non-hydrogen) atoms. The summed E-state index contributed by atoms with van der Waals surface area (Å²) < 4.78 is 0.982.